The molecule has 1 aromatic heterocycles. The second-order valence-corrected chi connectivity index (χ2v) is 5.46. The highest BCUT2D eigenvalue weighted by Crippen LogP contribution is 2.23. The van der Waals surface area contributed by atoms with E-state index in [0.717, 1.165) is 16.5 Å². The van der Waals surface area contributed by atoms with Crippen LogP contribution in [0, 0.1) is 6.92 Å². The van der Waals surface area contributed by atoms with Crippen LogP contribution in [0.4, 0.5) is 0 Å². The number of aromatic amines is 1. The van der Waals surface area contributed by atoms with Gasteiger partial charge >= 0.3 is 0 Å². The van der Waals surface area contributed by atoms with Gasteiger partial charge in [0.2, 0.25) is 0 Å². The summed E-state index contributed by atoms with van der Waals surface area (Å²) in [5.41, 5.74) is 3.59. The number of hydrogen-bond acceptors (Lipinski definition) is 1. The Morgan fingerprint density at radius 3 is 2.67 bits per heavy atom. The molecule has 1 heterocycles. The number of aromatic nitrogens is 1. The average Bonchev–Trinajstić information content (AvgIpc) is 2.92. The fraction of sp³-hybridized carbons (Fsp3) is 0.118. The highest BCUT2D eigenvalue weighted by Gasteiger charge is 2.10. The first-order valence-electron chi connectivity index (χ1n) is 6.74. The molecule has 0 unspecified atom stereocenters. The molecule has 2 aromatic carbocycles. The first-order valence-corrected chi connectivity index (χ1v) is 7.12. The van der Waals surface area contributed by atoms with Gasteiger partial charge < -0.3 is 10.3 Å². The van der Waals surface area contributed by atoms with Crippen molar-refractivity contribution in [2.75, 3.05) is 0 Å². The Morgan fingerprint density at radius 2 is 1.95 bits per heavy atom. The number of halogens is 1. The Morgan fingerprint density at radius 1 is 1.19 bits per heavy atom. The van der Waals surface area contributed by atoms with Gasteiger partial charge in [-0.25, -0.2) is 0 Å². The number of H-pyrrole nitrogens is 1. The van der Waals surface area contributed by atoms with E-state index in [1.165, 1.54) is 5.56 Å². The number of fused-ring (bicyclic) bond motifs is 1. The summed E-state index contributed by atoms with van der Waals surface area (Å²) in [6.07, 6.45) is 0. The molecule has 0 radical (unpaired) electrons. The number of benzene rings is 2. The highest BCUT2D eigenvalue weighted by molar-refractivity contribution is 6.35. The van der Waals surface area contributed by atoms with Gasteiger partial charge in [-0.3, -0.25) is 4.79 Å². The number of para-hydroxylation sites is 1. The van der Waals surface area contributed by atoms with E-state index in [-0.39, 0.29) is 5.91 Å². The van der Waals surface area contributed by atoms with Crippen LogP contribution in [0.25, 0.3) is 10.9 Å². The molecule has 0 saturated carbocycles. The molecular weight excluding hydrogens is 284 g/mol. The number of carbonyl (C=O) groups excluding carboxylic acids is 1. The Bertz CT molecular complexity index is 790. The Labute approximate surface area is 127 Å². The van der Waals surface area contributed by atoms with Gasteiger partial charge in [0.15, 0.2) is 0 Å². The Hall–Kier alpha value is -2.26. The lowest BCUT2D eigenvalue weighted by Gasteiger charge is -2.04. The summed E-state index contributed by atoms with van der Waals surface area (Å²) in [7, 11) is 0. The van der Waals surface area contributed by atoms with E-state index in [4.69, 9.17) is 11.6 Å². The molecular formula is C17H15ClN2O. The molecule has 0 spiro atoms. The molecule has 3 nitrogen and oxygen atoms in total. The summed E-state index contributed by atoms with van der Waals surface area (Å²) in [5.74, 6) is -0.136. The predicted octanol–water partition coefficient (Wildman–Crippen LogP) is 4.06. The van der Waals surface area contributed by atoms with Crippen molar-refractivity contribution in [2.45, 2.75) is 13.5 Å². The molecule has 0 aliphatic carbocycles. The Kier molecular flexibility index (Phi) is 3.67. The SMILES string of the molecule is Cc1ccc(CNC(=O)c2cc3cccc(Cl)c3[nH]2)cc1. The number of carbonyl (C=O) groups is 1. The molecule has 21 heavy (non-hydrogen) atoms. The number of aryl methyl sites for hydroxylation is 1. The molecule has 1 amide bonds. The van der Waals surface area contributed by atoms with Gasteiger partial charge in [0.25, 0.3) is 5.91 Å². The van der Waals surface area contributed by atoms with Crippen LogP contribution in [0.1, 0.15) is 21.6 Å². The molecule has 0 aliphatic rings. The minimum Gasteiger partial charge on any atom is -0.349 e. The second-order valence-electron chi connectivity index (χ2n) is 5.06. The molecule has 0 atom stereocenters. The molecule has 0 bridgehead atoms. The number of hydrogen-bond donors (Lipinski definition) is 2. The fourth-order valence-electron chi connectivity index (χ4n) is 2.23. The van der Waals surface area contributed by atoms with Crippen molar-refractivity contribution in [1.29, 1.82) is 0 Å². The van der Waals surface area contributed by atoms with Crippen molar-refractivity contribution in [3.8, 4) is 0 Å². The zero-order chi connectivity index (χ0) is 14.8. The van der Waals surface area contributed by atoms with Crippen LogP contribution in [0.5, 0.6) is 0 Å². The van der Waals surface area contributed by atoms with Crippen molar-refractivity contribution in [1.82, 2.24) is 10.3 Å². The third kappa shape index (κ3) is 2.93. The average molecular weight is 299 g/mol. The fourth-order valence-corrected chi connectivity index (χ4v) is 2.45. The first-order chi connectivity index (χ1) is 10.1. The maximum Gasteiger partial charge on any atom is 0.267 e. The maximum atomic E-state index is 12.2. The summed E-state index contributed by atoms with van der Waals surface area (Å²) in [5, 5.41) is 4.45. The minimum atomic E-state index is -0.136. The van der Waals surface area contributed by atoms with Gasteiger partial charge in [0.1, 0.15) is 5.69 Å². The number of nitrogens with one attached hydrogen (secondary N) is 2. The van der Waals surface area contributed by atoms with Crippen LogP contribution < -0.4 is 5.32 Å². The lowest BCUT2D eigenvalue weighted by molar-refractivity contribution is 0.0947. The van der Waals surface area contributed by atoms with E-state index >= 15 is 0 Å². The van der Waals surface area contributed by atoms with Crippen LogP contribution in [-0.4, -0.2) is 10.9 Å². The molecule has 3 rings (SSSR count). The third-order valence-corrected chi connectivity index (χ3v) is 3.74. The highest BCUT2D eigenvalue weighted by atomic mass is 35.5. The summed E-state index contributed by atoms with van der Waals surface area (Å²) >= 11 is 6.10. The monoisotopic (exact) mass is 298 g/mol. The van der Waals surface area contributed by atoms with E-state index in [1.54, 1.807) is 6.07 Å². The van der Waals surface area contributed by atoms with E-state index in [0.29, 0.717) is 17.3 Å². The Balaban J connectivity index is 1.75. The summed E-state index contributed by atoms with van der Waals surface area (Å²) in [6.45, 7) is 2.54. The van der Waals surface area contributed by atoms with Crippen LogP contribution >= 0.6 is 11.6 Å². The van der Waals surface area contributed by atoms with E-state index in [9.17, 15) is 4.79 Å². The molecule has 0 fully saturated rings. The van der Waals surface area contributed by atoms with Gasteiger partial charge in [-0.2, -0.15) is 0 Å². The summed E-state index contributed by atoms with van der Waals surface area (Å²) in [6, 6.07) is 15.5. The third-order valence-electron chi connectivity index (χ3n) is 3.42. The van der Waals surface area contributed by atoms with Gasteiger partial charge in [0, 0.05) is 11.9 Å². The van der Waals surface area contributed by atoms with Crippen molar-refractivity contribution < 1.29 is 4.79 Å². The minimum absolute atomic E-state index is 0.136. The topological polar surface area (TPSA) is 44.9 Å². The van der Waals surface area contributed by atoms with Gasteiger partial charge in [0.05, 0.1) is 10.5 Å². The zero-order valence-corrected chi connectivity index (χ0v) is 12.4. The second kappa shape index (κ2) is 5.62. The first kappa shape index (κ1) is 13.7. The number of rotatable bonds is 3. The van der Waals surface area contributed by atoms with Crippen molar-refractivity contribution in [3.05, 3.63) is 70.4 Å². The smallest absolute Gasteiger partial charge is 0.267 e. The van der Waals surface area contributed by atoms with E-state index < -0.39 is 0 Å². The van der Waals surface area contributed by atoms with Crippen LogP contribution in [0.15, 0.2) is 48.5 Å². The summed E-state index contributed by atoms with van der Waals surface area (Å²) in [4.78, 5) is 15.2. The lowest BCUT2D eigenvalue weighted by atomic mass is 10.1. The van der Waals surface area contributed by atoms with Gasteiger partial charge in [-0.1, -0.05) is 53.6 Å². The lowest BCUT2D eigenvalue weighted by Crippen LogP contribution is -2.23. The quantitative estimate of drug-likeness (QED) is 0.752. The standard InChI is InChI=1S/C17H15ClN2O/c1-11-5-7-12(8-6-11)10-19-17(21)15-9-13-3-2-4-14(18)16(13)20-15/h2-9,20H,10H2,1H3,(H,19,21). The zero-order valence-electron chi connectivity index (χ0n) is 11.6. The van der Waals surface area contributed by atoms with E-state index in [2.05, 4.69) is 10.3 Å². The van der Waals surface area contributed by atoms with Crippen LogP contribution in [-0.2, 0) is 6.54 Å². The predicted molar refractivity (Wildman–Crippen MR) is 85.7 cm³/mol. The van der Waals surface area contributed by atoms with Crippen LogP contribution in [0.3, 0.4) is 0 Å². The molecule has 3 aromatic rings. The van der Waals surface area contributed by atoms with Crippen molar-refractivity contribution in [2.24, 2.45) is 0 Å². The molecule has 106 valence electrons. The summed E-state index contributed by atoms with van der Waals surface area (Å²) < 4.78 is 0. The molecule has 0 saturated heterocycles. The van der Waals surface area contributed by atoms with Crippen molar-refractivity contribution >= 4 is 28.4 Å². The molecule has 2 N–H and O–H groups in total. The van der Waals surface area contributed by atoms with E-state index in [1.807, 2.05) is 49.4 Å². The largest absolute Gasteiger partial charge is 0.349 e. The van der Waals surface area contributed by atoms with Crippen molar-refractivity contribution in [3.63, 3.8) is 0 Å². The normalized spacial score (nSPS) is 10.8. The molecule has 4 heteroatoms. The van der Waals surface area contributed by atoms with Gasteiger partial charge in [-0.15, -0.1) is 0 Å². The van der Waals surface area contributed by atoms with Gasteiger partial charge in [-0.05, 0) is 24.6 Å². The van der Waals surface area contributed by atoms with Crippen LogP contribution in [0.2, 0.25) is 5.02 Å². The number of amides is 1. The molecule has 0 aliphatic heterocycles. The maximum absolute atomic E-state index is 12.2.